The van der Waals surface area contributed by atoms with Gasteiger partial charge in [0.25, 0.3) is 17.4 Å². The first kappa shape index (κ1) is 27.7. The van der Waals surface area contributed by atoms with Crippen LogP contribution >= 0.6 is 0 Å². The smallest absolute Gasteiger partial charge is 0.261 e. The molecule has 4 heterocycles. The minimum atomic E-state index is -0.842. The second-order valence-electron chi connectivity index (χ2n) is 11.0. The van der Waals surface area contributed by atoms with Gasteiger partial charge < -0.3 is 30.0 Å². The van der Waals surface area contributed by atoms with Crippen molar-refractivity contribution in [3.8, 4) is 17.1 Å². The number of aryl methyl sites for hydroxylation is 1. The Balaban J connectivity index is 1.19. The number of benzene rings is 2. The number of imide groups is 1. The van der Waals surface area contributed by atoms with Gasteiger partial charge in [0, 0.05) is 18.8 Å². The number of hydrogen-bond acceptors (Lipinski definition) is 8. The average molecular weight is 571 g/mol. The number of aliphatic hydroxyl groups is 1. The number of rotatable bonds is 9. The van der Waals surface area contributed by atoms with Crippen LogP contribution < -0.4 is 15.6 Å². The summed E-state index contributed by atoms with van der Waals surface area (Å²) in [5.41, 5.74) is 3.24. The fourth-order valence-electron chi connectivity index (χ4n) is 5.63. The average Bonchev–Trinajstić information content (AvgIpc) is 3.51. The number of ether oxygens (including phenoxy) is 1. The number of nitrogens with one attached hydrogen (secondary N) is 3. The van der Waals surface area contributed by atoms with Crippen molar-refractivity contribution >= 4 is 28.5 Å². The lowest BCUT2D eigenvalue weighted by Gasteiger charge is -2.33. The van der Waals surface area contributed by atoms with E-state index in [9.17, 15) is 19.5 Å². The van der Waals surface area contributed by atoms with Crippen LogP contribution in [0.2, 0.25) is 0 Å². The van der Waals surface area contributed by atoms with E-state index in [-0.39, 0.29) is 48.0 Å². The van der Waals surface area contributed by atoms with Crippen LogP contribution in [0.4, 0.5) is 5.69 Å². The molecule has 6 rings (SSSR count). The van der Waals surface area contributed by atoms with Crippen molar-refractivity contribution in [2.45, 2.75) is 38.3 Å². The summed E-state index contributed by atoms with van der Waals surface area (Å²) in [6.07, 6.45) is 3.11. The summed E-state index contributed by atoms with van der Waals surface area (Å²) in [6, 6.07) is 12.6. The molecule has 1 saturated heterocycles. The maximum Gasteiger partial charge on any atom is 0.261 e. The first-order valence-electron chi connectivity index (χ1n) is 14.3. The highest BCUT2D eigenvalue weighted by molar-refractivity contribution is 6.23. The Morgan fingerprint density at radius 1 is 1.07 bits per heavy atom. The third-order valence-corrected chi connectivity index (χ3v) is 8.07. The topological polar surface area (TPSA) is 144 Å². The molecule has 218 valence electrons. The number of anilines is 1. The second-order valence-corrected chi connectivity index (χ2v) is 11.0. The van der Waals surface area contributed by atoms with Gasteiger partial charge in [0.2, 0.25) is 0 Å². The fourth-order valence-corrected chi connectivity index (χ4v) is 5.63. The molecular weight excluding hydrogens is 536 g/mol. The molecule has 4 N–H and O–H groups in total. The monoisotopic (exact) mass is 570 g/mol. The molecule has 4 aromatic rings. The van der Waals surface area contributed by atoms with E-state index in [0.717, 1.165) is 32.4 Å². The van der Waals surface area contributed by atoms with E-state index in [2.05, 4.69) is 32.1 Å². The van der Waals surface area contributed by atoms with Gasteiger partial charge >= 0.3 is 0 Å². The number of aromatic nitrogens is 3. The number of pyridine rings is 1. The predicted molar refractivity (Wildman–Crippen MR) is 159 cm³/mol. The highest BCUT2D eigenvalue weighted by Crippen LogP contribution is 2.32. The van der Waals surface area contributed by atoms with Gasteiger partial charge in [0.15, 0.2) is 0 Å². The Bertz CT molecular complexity index is 1630. The van der Waals surface area contributed by atoms with Crippen LogP contribution in [0.25, 0.3) is 22.4 Å². The molecule has 2 aromatic carbocycles. The number of carbonyl (C=O) groups excluding carboxylic acids is 2. The van der Waals surface area contributed by atoms with Gasteiger partial charge in [0.1, 0.15) is 29.8 Å². The SMILES string of the molecule is CCc1ccc(OCC(O)CNc2cc[nH]c(=O)c2-c2nc3cc4c(cc3[nH]2)C(=O)N(C2CCN(C)CC2)C4=O)cc1. The Kier molecular flexibility index (Phi) is 7.53. The molecule has 0 bridgehead atoms. The Morgan fingerprint density at radius 2 is 1.79 bits per heavy atom. The van der Waals surface area contributed by atoms with E-state index in [1.807, 2.05) is 31.3 Å². The van der Waals surface area contributed by atoms with E-state index < -0.39 is 6.10 Å². The number of likely N-dealkylation sites (tertiary alicyclic amines) is 1. The molecule has 0 radical (unpaired) electrons. The van der Waals surface area contributed by atoms with Gasteiger partial charge in [0.05, 0.1) is 27.8 Å². The molecule has 2 aromatic heterocycles. The van der Waals surface area contributed by atoms with Crippen LogP contribution in [-0.4, -0.2) is 87.1 Å². The summed E-state index contributed by atoms with van der Waals surface area (Å²) in [5, 5.41) is 13.7. The third-order valence-electron chi connectivity index (χ3n) is 8.07. The minimum absolute atomic E-state index is 0.0732. The van der Waals surface area contributed by atoms with Crippen LogP contribution in [0.5, 0.6) is 5.75 Å². The number of H-pyrrole nitrogens is 2. The van der Waals surface area contributed by atoms with Crippen LogP contribution in [0.3, 0.4) is 0 Å². The highest BCUT2D eigenvalue weighted by Gasteiger charge is 2.41. The highest BCUT2D eigenvalue weighted by atomic mass is 16.5. The van der Waals surface area contributed by atoms with E-state index in [1.165, 1.54) is 16.7 Å². The first-order chi connectivity index (χ1) is 20.3. The van der Waals surface area contributed by atoms with Gasteiger partial charge in [-0.25, -0.2) is 4.98 Å². The van der Waals surface area contributed by atoms with Crippen LogP contribution in [0, 0.1) is 0 Å². The molecule has 1 unspecified atom stereocenters. The lowest BCUT2D eigenvalue weighted by atomic mass is 10.0. The zero-order valence-electron chi connectivity index (χ0n) is 23.6. The number of hydrogen-bond donors (Lipinski definition) is 4. The number of aromatic amines is 2. The third kappa shape index (κ3) is 5.28. The Morgan fingerprint density at radius 3 is 2.50 bits per heavy atom. The molecule has 1 atom stereocenters. The van der Waals surface area contributed by atoms with Crippen molar-refractivity contribution in [3.63, 3.8) is 0 Å². The van der Waals surface area contributed by atoms with Crippen LogP contribution in [0.1, 0.15) is 46.0 Å². The molecule has 2 aliphatic heterocycles. The fraction of sp³-hybridized carbons (Fsp3) is 0.355. The number of piperidine rings is 1. The summed E-state index contributed by atoms with van der Waals surface area (Å²) in [7, 11) is 2.03. The molecule has 0 saturated carbocycles. The van der Waals surface area contributed by atoms with Crippen molar-refractivity contribution in [1.29, 1.82) is 0 Å². The number of carbonyl (C=O) groups is 2. The summed E-state index contributed by atoms with van der Waals surface area (Å²) < 4.78 is 5.70. The lowest BCUT2D eigenvalue weighted by Crippen LogP contribution is -2.46. The number of amides is 2. The van der Waals surface area contributed by atoms with Crippen LogP contribution in [-0.2, 0) is 6.42 Å². The molecular formula is C31H34N6O5. The zero-order valence-corrected chi connectivity index (χ0v) is 23.6. The van der Waals surface area contributed by atoms with Gasteiger partial charge in [-0.2, -0.15) is 0 Å². The van der Waals surface area contributed by atoms with Gasteiger partial charge in [-0.05, 0) is 75.3 Å². The van der Waals surface area contributed by atoms with Gasteiger partial charge in [-0.1, -0.05) is 19.1 Å². The van der Waals surface area contributed by atoms with E-state index in [0.29, 0.717) is 33.6 Å². The molecule has 11 heteroatoms. The van der Waals surface area contributed by atoms with E-state index in [4.69, 9.17) is 4.74 Å². The number of fused-ring (bicyclic) bond motifs is 2. The Labute approximate surface area is 242 Å². The molecule has 0 aliphatic carbocycles. The number of imidazole rings is 1. The molecule has 11 nitrogen and oxygen atoms in total. The maximum absolute atomic E-state index is 13.3. The Hall–Kier alpha value is -4.48. The molecule has 2 aliphatic rings. The second kappa shape index (κ2) is 11.4. The van der Waals surface area contributed by atoms with Crippen molar-refractivity contribution in [3.05, 3.63) is 75.7 Å². The maximum atomic E-state index is 13.3. The zero-order chi connectivity index (χ0) is 29.4. The normalized spacial score (nSPS) is 16.7. The van der Waals surface area contributed by atoms with Crippen molar-refractivity contribution in [2.75, 3.05) is 38.6 Å². The van der Waals surface area contributed by atoms with E-state index >= 15 is 0 Å². The summed E-state index contributed by atoms with van der Waals surface area (Å²) in [5.74, 6) is 0.365. The van der Waals surface area contributed by atoms with Gasteiger partial charge in [-0.3, -0.25) is 19.3 Å². The molecule has 2 amide bonds. The quantitative estimate of drug-likeness (QED) is 0.225. The van der Waals surface area contributed by atoms with Crippen molar-refractivity contribution in [2.24, 2.45) is 0 Å². The summed E-state index contributed by atoms with van der Waals surface area (Å²) in [4.78, 5) is 53.5. The van der Waals surface area contributed by atoms with Crippen molar-refractivity contribution in [1.82, 2.24) is 24.8 Å². The summed E-state index contributed by atoms with van der Waals surface area (Å²) in [6.45, 7) is 3.96. The molecule has 1 fully saturated rings. The minimum Gasteiger partial charge on any atom is -0.491 e. The van der Waals surface area contributed by atoms with E-state index in [1.54, 1.807) is 18.2 Å². The standard InChI is InChI=1S/C31H34N6O5/c1-3-18-4-6-21(7-5-18)42-17-20(38)16-33-24-8-11-32-29(39)27(24)28-34-25-14-22-23(15-26(25)35-28)31(41)37(30(22)40)19-9-12-36(2)13-10-19/h4-8,11,14-15,19-20,38H,3,9-10,12-13,16-17H2,1-2H3,(H,34,35)(H2,32,33,39). The lowest BCUT2D eigenvalue weighted by molar-refractivity contribution is 0.0516. The largest absolute Gasteiger partial charge is 0.491 e. The number of nitrogens with zero attached hydrogens (tertiary/aromatic N) is 3. The predicted octanol–water partition coefficient (Wildman–Crippen LogP) is 3.02. The number of aliphatic hydroxyl groups excluding tert-OH is 1. The molecule has 42 heavy (non-hydrogen) atoms. The van der Waals surface area contributed by atoms with Gasteiger partial charge in [-0.15, -0.1) is 0 Å². The molecule has 0 spiro atoms. The summed E-state index contributed by atoms with van der Waals surface area (Å²) >= 11 is 0. The van der Waals surface area contributed by atoms with Crippen molar-refractivity contribution < 1.29 is 19.4 Å². The first-order valence-corrected chi connectivity index (χ1v) is 14.3. The van der Waals surface area contributed by atoms with Crippen LogP contribution in [0.15, 0.2) is 53.5 Å².